The molecule has 2 rings (SSSR count). The lowest BCUT2D eigenvalue weighted by atomic mass is 10.1. The van der Waals surface area contributed by atoms with E-state index in [1.807, 2.05) is 0 Å². The van der Waals surface area contributed by atoms with E-state index in [1.54, 1.807) is 0 Å². The highest BCUT2D eigenvalue weighted by molar-refractivity contribution is 6.16. The first kappa shape index (κ1) is 9.93. The fourth-order valence-electron chi connectivity index (χ4n) is 1.59. The second-order valence-corrected chi connectivity index (χ2v) is 3.68. The Labute approximate surface area is 87.6 Å². The van der Waals surface area contributed by atoms with Crippen LogP contribution in [-0.4, -0.2) is 22.9 Å². The lowest BCUT2D eigenvalue weighted by Crippen LogP contribution is -2.21. The Balaban J connectivity index is 1.89. The van der Waals surface area contributed by atoms with Gasteiger partial charge in [-0.25, -0.2) is 0 Å². The van der Waals surface area contributed by atoms with Crippen molar-refractivity contribution in [3.63, 3.8) is 0 Å². The second-order valence-electron chi connectivity index (χ2n) is 3.42. The normalized spacial score (nSPS) is 22.5. The molecule has 0 radical (unpaired) electrons. The van der Waals surface area contributed by atoms with Gasteiger partial charge in [0.15, 0.2) is 0 Å². The van der Waals surface area contributed by atoms with E-state index in [0.29, 0.717) is 18.2 Å². The zero-order chi connectivity index (χ0) is 9.80. The van der Waals surface area contributed by atoms with Gasteiger partial charge in [0.2, 0.25) is 11.8 Å². The van der Waals surface area contributed by atoms with Gasteiger partial charge >= 0.3 is 0 Å². The molecule has 1 fully saturated rings. The summed E-state index contributed by atoms with van der Waals surface area (Å²) >= 11 is 5.56. The van der Waals surface area contributed by atoms with Crippen molar-refractivity contribution in [3.8, 4) is 0 Å². The Morgan fingerprint density at radius 1 is 1.29 bits per heavy atom. The molecule has 0 saturated carbocycles. The third-order valence-corrected chi connectivity index (χ3v) is 2.53. The van der Waals surface area contributed by atoms with Crippen LogP contribution in [-0.2, 0) is 17.0 Å². The molecule has 1 unspecified atom stereocenters. The van der Waals surface area contributed by atoms with E-state index in [4.69, 9.17) is 20.8 Å². The van der Waals surface area contributed by atoms with Crippen molar-refractivity contribution in [2.24, 2.45) is 0 Å². The Morgan fingerprint density at radius 3 is 2.79 bits per heavy atom. The Kier molecular flexibility index (Phi) is 3.37. The highest BCUT2D eigenvalue weighted by Crippen LogP contribution is 2.16. The lowest BCUT2D eigenvalue weighted by Gasteiger charge is -2.20. The van der Waals surface area contributed by atoms with Crippen molar-refractivity contribution in [3.05, 3.63) is 11.8 Å². The Bertz CT molecular complexity index is 284. The largest absolute Gasteiger partial charge is 0.424 e. The zero-order valence-corrected chi connectivity index (χ0v) is 8.66. The van der Waals surface area contributed by atoms with Crippen LogP contribution in [0.3, 0.4) is 0 Å². The van der Waals surface area contributed by atoms with Crippen molar-refractivity contribution >= 4 is 11.6 Å². The summed E-state index contributed by atoms with van der Waals surface area (Å²) in [5, 5.41) is 7.70. The molecule has 0 aromatic carbocycles. The van der Waals surface area contributed by atoms with Crippen molar-refractivity contribution in [2.75, 3.05) is 6.61 Å². The van der Waals surface area contributed by atoms with Gasteiger partial charge < -0.3 is 9.15 Å². The number of alkyl halides is 1. The topological polar surface area (TPSA) is 48.2 Å². The average Bonchev–Trinajstić information content (AvgIpc) is 2.67. The zero-order valence-electron chi connectivity index (χ0n) is 7.91. The molecular weight excluding hydrogens is 204 g/mol. The molecule has 1 aromatic rings. The monoisotopic (exact) mass is 216 g/mol. The fraction of sp³-hybridized carbons (Fsp3) is 0.778. The molecule has 0 bridgehead atoms. The molecular formula is C9H13ClN2O2. The molecule has 14 heavy (non-hydrogen) atoms. The summed E-state index contributed by atoms with van der Waals surface area (Å²) < 4.78 is 10.9. The highest BCUT2D eigenvalue weighted by atomic mass is 35.5. The molecule has 0 N–H and O–H groups in total. The molecule has 0 spiro atoms. The van der Waals surface area contributed by atoms with E-state index in [9.17, 15) is 0 Å². The maximum Gasteiger partial charge on any atom is 0.231 e. The third kappa shape index (κ3) is 2.45. The smallest absolute Gasteiger partial charge is 0.231 e. The van der Waals surface area contributed by atoms with Gasteiger partial charge in [-0.3, -0.25) is 0 Å². The number of nitrogens with zero attached hydrogens (tertiary/aromatic N) is 2. The summed E-state index contributed by atoms with van der Waals surface area (Å²) in [6, 6.07) is 0. The summed E-state index contributed by atoms with van der Waals surface area (Å²) in [5.41, 5.74) is 0. The van der Waals surface area contributed by atoms with Crippen LogP contribution in [0, 0.1) is 0 Å². The number of ether oxygens (including phenoxy) is 1. The van der Waals surface area contributed by atoms with Crippen LogP contribution < -0.4 is 0 Å². The molecule has 1 aliphatic heterocycles. The number of hydrogen-bond donors (Lipinski definition) is 0. The molecule has 0 amide bonds. The number of aromatic nitrogens is 2. The number of rotatable bonds is 3. The Hall–Kier alpha value is -0.610. The summed E-state index contributed by atoms with van der Waals surface area (Å²) in [5.74, 6) is 1.39. The molecule has 0 aliphatic carbocycles. The first-order valence-corrected chi connectivity index (χ1v) is 5.41. The third-order valence-electron chi connectivity index (χ3n) is 2.30. The first-order chi connectivity index (χ1) is 6.88. The minimum absolute atomic E-state index is 0.243. The first-order valence-electron chi connectivity index (χ1n) is 4.87. The highest BCUT2D eigenvalue weighted by Gasteiger charge is 2.17. The van der Waals surface area contributed by atoms with Crippen LogP contribution in [0.4, 0.5) is 0 Å². The van der Waals surface area contributed by atoms with Crippen LogP contribution in [0.15, 0.2) is 4.42 Å². The molecule has 78 valence electrons. The fourth-order valence-corrected chi connectivity index (χ4v) is 1.70. The Morgan fingerprint density at radius 2 is 2.14 bits per heavy atom. The minimum Gasteiger partial charge on any atom is -0.424 e. The van der Waals surface area contributed by atoms with E-state index >= 15 is 0 Å². The van der Waals surface area contributed by atoms with Crippen molar-refractivity contribution in [2.45, 2.75) is 37.7 Å². The lowest BCUT2D eigenvalue weighted by molar-refractivity contribution is 0.0131. The maximum absolute atomic E-state index is 5.56. The summed E-state index contributed by atoms with van der Waals surface area (Å²) in [6.45, 7) is 0.848. The van der Waals surface area contributed by atoms with E-state index in [2.05, 4.69) is 10.2 Å². The van der Waals surface area contributed by atoms with Gasteiger partial charge in [0.1, 0.15) is 5.88 Å². The molecule has 1 saturated heterocycles. The van der Waals surface area contributed by atoms with E-state index in [1.165, 1.54) is 6.42 Å². The van der Waals surface area contributed by atoms with Gasteiger partial charge in [-0.15, -0.1) is 21.8 Å². The maximum atomic E-state index is 5.56. The second kappa shape index (κ2) is 4.75. The van der Waals surface area contributed by atoms with Crippen LogP contribution in [0.2, 0.25) is 0 Å². The summed E-state index contributed by atoms with van der Waals surface area (Å²) in [4.78, 5) is 0. The minimum atomic E-state index is 0.243. The number of halogens is 1. The van der Waals surface area contributed by atoms with E-state index in [0.717, 1.165) is 19.4 Å². The van der Waals surface area contributed by atoms with E-state index in [-0.39, 0.29) is 12.0 Å². The van der Waals surface area contributed by atoms with Crippen molar-refractivity contribution in [1.82, 2.24) is 10.2 Å². The van der Waals surface area contributed by atoms with Gasteiger partial charge in [-0.05, 0) is 19.3 Å². The van der Waals surface area contributed by atoms with E-state index < -0.39 is 0 Å². The average molecular weight is 217 g/mol. The summed E-state index contributed by atoms with van der Waals surface area (Å²) in [7, 11) is 0. The number of hydrogen-bond acceptors (Lipinski definition) is 4. The van der Waals surface area contributed by atoms with Crippen molar-refractivity contribution < 1.29 is 9.15 Å². The molecule has 1 atom stereocenters. The van der Waals surface area contributed by atoms with Crippen LogP contribution in [0.5, 0.6) is 0 Å². The molecule has 5 heteroatoms. The standard InChI is InChI=1S/C9H13ClN2O2/c10-6-9-12-11-8(14-9)5-7-3-1-2-4-13-7/h7H,1-6H2. The van der Waals surface area contributed by atoms with Gasteiger partial charge in [0, 0.05) is 6.61 Å². The quantitative estimate of drug-likeness (QED) is 0.725. The molecule has 1 aliphatic rings. The van der Waals surface area contributed by atoms with Gasteiger partial charge in [0.05, 0.1) is 12.5 Å². The van der Waals surface area contributed by atoms with Crippen molar-refractivity contribution in [1.29, 1.82) is 0 Å². The predicted molar refractivity (Wildman–Crippen MR) is 51.2 cm³/mol. The van der Waals surface area contributed by atoms with Gasteiger partial charge in [0.25, 0.3) is 0 Å². The van der Waals surface area contributed by atoms with Gasteiger partial charge in [-0.2, -0.15) is 0 Å². The SMILES string of the molecule is ClCc1nnc(CC2CCCCO2)o1. The van der Waals surface area contributed by atoms with Crippen LogP contribution in [0.25, 0.3) is 0 Å². The summed E-state index contributed by atoms with van der Waals surface area (Å²) in [6.07, 6.45) is 4.42. The predicted octanol–water partition coefficient (Wildman–Crippen LogP) is 1.92. The molecule has 4 nitrogen and oxygen atoms in total. The molecule has 1 aromatic heterocycles. The van der Waals surface area contributed by atoms with Gasteiger partial charge in [-0.1, -0.05) is 0 Å². The molecule has 2 heterocycles. The van der Waals surface area contributed by atoms with Crippen LogP contribution >= 0.6 is 11.6 Å². The van der Waals surface area contributed by atoms with Crippen LogP contribution in [0.1, 0.15) is 31.0 Å².